The molecule has 5 heteroatoms. The lowest BCUT2D eigenvalue weighted by molar-refractivity contribution is 0.146. The molecule has 0 bridgehead atoms. The molecule has 0 atom stereocenters. The lowest BCUT2D eigenvalue weighted by Crippen LogP contribution is -2.50. The minimum absolute atomic E-state index is 0.0298. The van der Waals surface area contributed by atoms with Crippen molar-refractivity contribution >= 4 is 17.4 Å². The van der Waals surface area contributed by atoms with Gasteiger partial charge in [0, 0.05) is 50.6 Å². The lowest BCUT2D eigenvalue weighted by atomic mass is 10.2. The summed E-state index contributed by atoms with van der Waals surface area (Å²) in [6, 6.07) is 8.31. The maximum absolute atomic E-state index is 12.5. The Morgan fingerprint density at radius 3 is 2.28 bits per heavy atom. The van der Waals surface area contributed by atoms with Gasteiger partial charge in [-0.15, -0.1) is 0 Å². The number of piperazine rings is 1. The summed E-state index contributed by atoms with van der Waals surface area (Å²) in [5.74, 6) is 0. The molecule has 138 valence electrons. The minimum atomic E-state index is 0.0298. The smallest absolute Gasteiger partial charge is 0.321 e. The number of rotatable bonds is 6. The van der Waals surface area contributed by atoms with E-state index in [1.54, 1.807) is 0 Å². The molecule has 2 aliphatic rings. The van der Waals surface area contributed by atoms with Crippen LogP contribution in [0.1, 0.15) is 39.0 Å². The molecule has 5 nitrogen and oxygen atoms in total. The predicted octanol–water partition coefficient (Wildman–Crippen LogP) is 3.63. The van der Waals surface area contributed by atoms with Gasteiger partial charge in [0.25, 0.3) is 0 Å². The van der Waals surface area contributed by atoms with Gasteiger partial charge in [0.05, 0.1) is 0 Å². The van der Waals surface area contributed by atoms with E-state index in [0.717, 1.165) is 45.0 Å². The number of urea groups is 1. The highest BCUT2D eigenvalue weighted by Gasteiger charge is 2.20. The highest BCUT2D eigenvalue weighted by molar-refractivity contribution is 5.89. The lowest BCUT2D eigenvalue weighted by Gasteiger charge is -2.34. The highest BCUT2D eigenvalue weighted by Crippen LogP contribution is 2.22. The number of hydrogen-bond acceptors (Lipinski definition) is 3. The summed E-state index contributed by atoms with van der Waals surface area (Å²) in [7, 11) is 0. The summed E-state index contributed by atoms with van der Waals surface area (Å²) in [5.41, 5.74) is 2.15. The third kappa shape index (κ3) is 5.11. The van der Waals surface area contributed by atoms with Crippen molar-refractivity contribution < 1.29 is 4.79 Å². The van der Waals surface area contributed by atoms with E-state index in [4.69, 9.17) is 0 Å². The molecule has 0 saturated carbocycles. The average Bonchev–Trinajstić information content (AvgIpc) is 3.18. The average molecular weight is 345 g/mol. The maximum atomic E-state index is 12.5. The van der Waals surface area contributed by atoms with E-state index in [9.17, 15) is 4.79 Å². The fraction of sp³-hybridized carbons (Fsp3) is 0.650. The van der Waals surface area contributed by atoms with Crippen molar-refractivity contribution in [3.63, 3.8) is 0 Å². The van der Waals surface area contributed by atoms with Gasteiger partial charge in [-0.05, 0) is 50.1 Å². The number of carbonyl (C=O) groups is 1. The zero-order chi connectivity index (χ0) is 17.5. The predicted molar refractivity (Wildman–Crippen MR) is 104 cm³/mol. The number of carbonyl (C=O) groups excluding carboxylic acids is 1. The van der Waals surface area contributed by atoms with Crippen LogP contribution in [0.4, 0.5) is 16.2 Å². The SMILES string of the molecule is CCCCCN1CCN(C(=O)Nc2ccc(N3CCCC3)cc2)CC1. The summed E-state index contributed by atoms with van der Waals surface area (Å²) in [6.45, 7) is 9.33. The molecule has 25 heavy (non-hydrogen) atoms. The van der Waals surface area contributed by atoms with Crippen LogP contribution >= 0.6 is 0 Å². The standard InChI is InChI=1S/C20H32N4O/c1-2-3-4-11-22-14-16-24(17-15-22)20(25)21-18-7-9-19(10-8-18)23-12-5-6-13-23/h7-10H,2-6,11-17H2,1H3,(H,21,25). The molecule has 1 N–H and O–H groups in total. The fourth-order valence-electron chi connectivity index (χ4n) is 3.69. The number of nitrogens with one attached hydrogen (secondary N) is 1. The molecular formula is C20H32N4O. The molecule has 3 rings (SSSR count). The maximum Gasteiger partial charge on any atom is 0.321 e. The van der Waals surface area contributed by atoms with E-state index >= 15 is 0 Å². The molecule has 1 aromatic carbocycles. The largest absolute Gasteiger partial charge is 0.372 e. The first kappa shape index (κ1) is 18.1. The minimum Gasteiger partial charge on any atom is -0.372 e. The van der Waals surface area contributed by atoms with Crippen LogP contribution in [-0.2, 0) is 0 Å². The first-order valence-corrected chi connectivity index (χ1v) is 9.89. The van der Waals surface area contributed by atoms with Gasteiger partial charge in [0.15, 0.2) is 0 Å². The van der Waals surface area contributed by atoms with Crippen molar-refractivity contribution in [1.82, 2.24) is 9.80 Å². The monoisotopic (exact) mass is 344 g/mol. The Morgan fingerprint density at radius 2 is 1.64 bits per heavy atom. The Balaban J connectivity index is 1.43. The first-order chi connectivity index (χ1) is 12.3. The molecule has 0 radical (unpaired) electrons. The quantitative estimate of drug-likeness (QED) is 0.801. The number of benzene rings is 1. The first-order valence-electron chi connectivity index (χ1n) is 9.89. The van der Waals surface area contributed by atoms with Crippen LogP contribution in [-0.4, -0.2) is 61.6 Å². The zero-order valence-corrected chi connectivity index (χ0v) is 15.5. The second-order valence-electron chi connectivity index (χ2n) is 7.21. The van der Waals surface area contributed by atoms with E-state index in [1.807, 2.05) is 17.0 Å². The topological polar surface area (TPSA) is 38.8 Å². The molecule has 2 fully saturated rings. The van der Waals surface area contributed by atoms with Gasteiger partial charge in [-0.3, -0.25) is 4.90 Å². The Bertz CT molecular complexity index is 531. The van der Waals surface area contributed by atoms with E-state index in [-0.39, 0.29) is 6.03 Å². The molecule has 1 aromatic rings. The highest BCUT2D eigenvalue weighted by atomic mass is 16.2. The Morgan fingerprint density at radius 1 is 0.960 bits per heavy atom. The molecule has 2 heterocycles. The summed E-state index contributed by atoms with van der Waals surface area (Å²) in [5, 5.41) is 3.05. The molecule has 0 aromatic heterocycles. The summed E-state index contributed by atoms with van der Waals surface area (Å²) in [4.78, 5) is 19.3. The van der Waals surface area contributed by atoms with Crippen LogP contribution in [0.3, 0.4) is 0 Å². The summed E-state index contributed by atoms with van der Waals surface area (Å²) >= 11 is 0. The van der Waals surface area contributed by atoms with Gasteiger partial charge in [-0.25, -0.2) is 4.79 Å². The second-order valence-corrected chi connectivity index (χ2v) is 7.21. The molecular weight excluding hydrogens is 312 g/mol. The van der Waals surface area contributed by atoms with Crippen molar-refractivity contribution in [3.8, 4) is 0 Å². The molecule has 2 amide bonds. The number of amides is 2. The van der Waals surface area contributed by atoms with Gasteiger partial charge in [0.2, 0.25) is 0 Å². The van der Waals surface area contributed by atoms with Gasteiger partial charge in [-0.2, -0.15) is 0 Å². The molecule has 0 aliphatic carbocycles. The Kier molecular flexibility index (Phi) is 6.56. The van der Waals surface area contributed by atoms with Gasteiger partial charge >= 0.3 is 6.03 Å². The Hall–Kier alpha value is -1.75. The molecule has 2 saturated heterocycles. The molecule has 0 unspecified atom stereocenters. The third-order valence-electron chi connectivity index (χ3n) is 5.33. The fourth-order valence-corrected chi connectivity index (χ4v) is 3.69. The van der Waals surface area contributed by atoms with Crippen LogP contribution in [0, 0.1) is 0 Å². The second kappa shape index (κ2) is 9.09. The normalized spacial score (nSPS) is 18.6. The van der Waals surface area contributed by atoms with E-state index in [2.05, 4.69) is 34.2 Å². The summed E-state index contributed by atoms with van der Waals surface area (Å²) in [6.07, 6.45) is 6.39. The van der Waals surface area contributed by atoms with Gasteiger partial charge < -0.3 is 15.1 Å². The van der Waals surface area contributed by atoms with Crippen molar-refractivity contribution in [1.29, 1.82) is 0 Å². The number of anilines is 2. The third-order valence-corrected chi connectivity index (χ3v) is 5.33. The van der Waals surface area contributed by atoms with Crippen LogP contribution < -0.4 is 10.2 Å². The number of unbranched alkanes of at least 4 members (excludes halogenated alkanes) is 2. The van der Waals surface area contributed by atoms with Crippen LogP contribution in [0.2, 0.25) is 0 Å². The van der Waals surface area contributed by atoms with Crippen molar-refractivity contribution in [3.05, 3.63) is 24.3 Å². The molecule has 2 aliphatic heterocycles. The van der Waals surface area contributed by atoms with Crippen molar-refractivity contribution in [2.24, 2.45) is 0 Å². The number of nitrogens with zero attached hydrogens (tertiary/aromatic N) is 3. The van der Waals surface area contributed by atoms with Crippen molar-refractivity contribution in [2.45, 2.75) is 39.0 Å². The van der Waals surface area contributed by atoms with Crippen LogP contribution in [0.5, 0.6) is 0 Å². The zero-order valence-electron chi connectivity index (χ0n) is 15.5. The van der Waals surface area contributed by atoms with Crippen LogP contribution in [0.15, 0.2) is 24.3 Å². The van der Waals surface area contributed by atoms with Gasteiger partial charge in [0.1, 0.15) is 0 Å². The van der Waals surface area contributed by atoms with E-state index < -0.39 is 0 Å². The van der Waals surface area contributed by atoms with Crippen molar-refractivity contribution in [2.75, 3.05) is 56.0 Å². The van der Waals surface area contributed by atoms with E-state index in [1.165, 1.54) is 44.3 Å². The summed E-state index contributed by atoms with van der Waals surface area (Å²) < 4.78 is 0. The Labute approximate surface area is 152 Å². The number of hydrogen-bond donors (Lipinski definition) is 1. The van der Waals surface area contributed by atoms with E-state index in [0.29, 0.717) is 0 Å². The van der Waals surface area contributed by atoms with Gasteiger partial charge in [-0.1, -0.05) is 19.8 Å². The molecule has 0 spiro atoms. The van der Waals surface area contributed by atoms with Crippen LogP contribution in [0.25, 0.3) is 0 Å².